The van der Waals surface area contributed by atoms with Crippen LogP contribution in [0.5, 0.6) is 5.75 Å². The second-order valence-electron chi connectivity index (χ2n) is 13.3. The van der Waals surface area contributed by atoms with Crippen LogP contribution >= 0.6 is 0 Å². The number of benzene rings is 2. The molecule has 2 aromatic carbocycles. The molecule has 0 radical (unpaired) electrons. The number of fused-ring (bicyclic) bond motifs is 1. The molecule has 1 aliphatic rings. The number of carbonyl (C=O) groups is 2. The number of piperazine rings is 1. The number of nitrogens with one attached hydrogen (secondary N) is 2. The minimum atomic E-state index is -4.57. The van der Waals surface area contributed by atoms with Gasteiger partial charge in [-0.1, -0.05) is 18.1 Å². The number of carbonyl (C=O) groups excluding carboxylic acids is 2. The second-order valence-corrected chi connectivity index (χ2v) is 13.3. The van der Waals surface area contributed by atoms with Gasteiger partial charge in [0.25, 0.3) is 5.91 Å². The quantitative estimate of drug-likeness (QED) is 0.0719. The van der Waals surface area contributed by atoms with Gasteiger partial charge in [-0.2, -0.15) is 13.2 Å². The molecule has 2 amide bonds. The molecule has 1 fully saturated rings. The van der Waals surface area contributed by atoms with Crippen molar-refractivity contribution in [1.29, 1.82) is 0 Å². The van der Waals surface area contributed by atoms with Gasteiger partial charge in [0.2, 0.25) is 6.41 Å². The van der Waals surface area contributed by atoms with E-state index in [1.54, 1.807) is 42.7 Å². The first kappa shape index (κ1) is 43.1. The Bertz CT molecular complexity index is 1970. The maximum Gasteiger partial charge on any atom is 0.416 e. The van der Waals surface area contributed by atoms with E-state index in [-0.39, 0.29) is 23.4 Å². The van der Waals surface area contributed by atoms with Crippen molar-refractivity contribution in [2.75, 3.05) is 105 Å². The van der Waals surface area contributed by atoms with Crippen molar-refractivity contribution in [1.82, 2.24) is 24.5 Å². The summed E-state index contributed by atoms with van der Waals surface area (Å²) in [6, 6.07) is 12.6. The van der Waals surface area contributed by atoms with Gasteiger partial charge in [0.15, 0.2) is 0 Å². The van der Waals surface area contributed by atoms with Gasteiger partial charge >= 0.3 is 6.18 Å². The van der Waals surface area contributed by atoms with E-state index in [9.17, 15) is 22.8 Å². The lowest BCUT2D eigenvalue weighted by atomic mass is 10.0. The number of alkyl halides is 3. The summed E-state index contributed by atoms with van der Waals surface area (Å²) < 4.78 is 71.7. The van der Waals surface area contributed by atoms with Crippen molar-refractivity contribution < 1.29 is 46.4 Å². The molecule has 0 aliphatic carbocycles. The molecule has 1 aliphatic heterocycles. The number of ether oxygens (including phenoxy) is 5. The molecule has 57 heavy (non-hydrogen) atoms. The van der Waals surface area contributed by atoms with Gasteiger partial charge in [0, 0.05) is 68.3 Å². The zero-order chi connectivity index (χ0) is 40.5. The van der Waals surface area contributed by atoms with Crippen molar-refractivity contribution in [2.45, 2.75) is 19.6 Å². The number of rotatable bonds is 21. The highest BCUT2D eigenvalue weighted by Gasteiger charge is 2.34. The maximum absolute atomic E-state index is 14.1. The largest absolute Gasteiger partial charge is 0.491 e. The summed E-state index contributed by atoms with van der Waals surface area (Å²) in [5.41, 5.74) is 2.43. The fraction of sp³-hybridized carbons (Fsp3) is 0.439. The first-order valence-electron chi connectivity index (χ1n) is 18.7. The molecule has 0 saturated carbocycles. The Kier molecular flexibility index (Phi) is 16.7. The fourth-order valence-electron chi connectivity index (χ4n) is 5.85. The third kappa shape index (κ3) is 13.8. The van der Waals surface area contributed by atoms with Crippen molar-refractivity contribution in [3.8, 4) is 17.6 Å². The van der Waals surface area contributed by atoms with Crippen LogP contribution in [0.15, 0.2) is 60.9 Å². The van der Waals surface area contributed by atoms with Crippen LogP contribution in [0.4, 0.5) is 18.9 Å². The highest BCUT2D eigenvalue weighted by atomic mass is 19.4. The first-order valence-corrected chi connectivity index (χ1v) is 18.7. The summed E-state index contributed by atoms with van der Waals surface area (Å²) in [4.78, 5) is 32.0. The molecule has 0 spiro atoms. The number of anilines is 1. The predicted molar refractivity (Wildman–Crippen MR) is 207 cm³/mol. The average Bonchev–Trinajstić information content (AvgIpc) is 3.60. The summed E-state index contributed by atoms with van der Waals surface area (Å²) >= 11 is 0. The van der Waals surface area contributed by atoms with Crippen LogP contribution in [0.2, 0.25) is 0 Å². The van der Waals surface area contributed by atoms with Crippen LogP contribution in [0.1, 0.15) is 38.3 Å². The Morgan fingerprint density at radius 2 is 1.54 bits per heavy atom. The predicted octanol–water partition coefficient (Wildman–Crippen LogP) is 4.25. The lowest BCUT2D eigenvalue weighted by molar-refractivity contribution is -0.138. The van der Waals surface area contributed by atoms with Crippen LogP contribution in [-0.2, 0) is 36.5 Å². The van der Waals surface area contributed by atoms with Crippen LogP contribution in [0, 0.1) is 18.8 Å². The number of nitrogens with zero attached hydrogens (tertiary/aromatic N) is 4. The molecule has 0 bridgehead atoms. The molecule has 306 valence electrons. The molecule has 5 rings (SSSR count). The summed E-state index contributed by atoms with van der Waals surface area (Å²) in [6.45, 7) is 9.29. The van der Waals surface area contributed by atoms with Crippen molar-refractivity contribution >= 4 is 23.7 Å². The number of imidazole rings is 1. The smallest absolute Gasteiger partial charge is 0.416 e. The minimum Gasteiger partial charge on any atom is -0.491 e. The molecule has 1 saturated heterocycles. The number of pyridine rings is 1. The maximum atomic E-state index is 14.1. The molecule has 16 heteroatoms. The third-order valence-corrected chi connectivity index (χ3v) is 9.06. The molecule has 2 N–H and O–H groups in total. The van der Waals surface area contributed by atoms with E-state index >= 15 is 0 Å². The Morgan fingerprint density at radius 1 is 0.860 bits per heavy atom. The number of amides is 2. The summed E-state index contributed by atoms with van der Waals surface area (Å²) in [6.07, 6.45) is -0.494. The molecule has 0 unspecified atom stereocenters. The summed E-state index contributed by atoms with van der Waals surface area (Å²) in [5.74, 6) is 6.31. The zero-order valence-electron chi connectivity index (χ0n) is 32.2. The number of halogens is 3. The van der Waals surface area contributed by atoms with Crippen molar-refractivity contribution in [2.24, 2.45) is 0 Å². The van der Waals surface area contributed by atoms with Gasteiger partial charge < -0.3 is 39.2 Å². The van der Waals surface area contributed by atoms with Gasteiger partial charge in [0.05, 0.1) is 64.6 Å². The van der Waals surface area contributed by atoms with Crippen molar-refractivity contribution in [3.05, 3.63) is 94.4 Å². The number of likely N-dealkylation sites (N-methyl/N-ethyl adjacent to an activating group) is 1. The number of hydrogen-bond donors (Lipinski definition) is 2. The van der Waals surface area contributed by atoms with E-state index in [2.05, 4.69) is 32.4 Å². The molecule has 3 heterocycles. The lowest BCUT2D eigenvalue weighted by Gasteiger charge is -2.33. The van der Waals surface area contributed by atoms with Gasteiger partial charge in [0.1, 0.15) is 23.7 Å². The number of hydrogen-bond acceptors (Lipinski definition) is 10. The van der Waals surface area contributed by atoms with Crippen LogP contribution in [-0.4, -0.2) is 131 Å². The van der Waals surface area contributed by atoms with Crippen molar-refractivity contribution in [3.63, 3.8) is 0 Å². The summed E-state index contributed by atoms with van der Waals surface area (Å²) in [5, 5.41) is 5.15. The normalized spacial score (nSPS) is 13.6. The standard InChI is InChI=1S/C41H49F3N6O7/c1-31-3-4-33(40(52)47-35-7-5-34(38(26-35)41(42,43)44)29-49-14-12-48(2)13-15-49)25-32(31)6-8-36-28-46-39-27-37(9-11-50(36)39)57-24-23-56-22-21-55-20-19-54-18-17-53-16-10-45-30-51/h3-5,7,9,11,25-28,30H,10,12-24,29H2,1-2H3,(H,45,51)(H,47,52). The third-order valence-electron chi connectivity index (χ3n) is 9.06. The molecule has 4 aromatic rings. The van der Waals surface area contributed by atoms with Gasteiger partial charge in [-0.25, -0.2) is 4.98 Å². The summed E-state index contributed by atoms with van der Waals surface area (Å²) in [7, 11) is 1.99. The monoisotopic (exact) mass is 794 g/mol. The number of aromatic nitrogens is 2. The van der Waals surface area contributed by atoms with Crippen LogP contribution < -0.4 is 15.4 Å². The Balaban J connectivity index is 1.07. The lowest BCUT2D eigenvalue weighted by Crippen LogP contribution is -2.44. The van der Waals surface area contributed by atoms with E-state index < -0.39 is 17.6 Å². The van der Waals surface area contributed by atoms with E-state index in [1.807, 2.05) is 23.3 Å². The second kappa shape index (κ2) is 22.1. The van der Waals surface area contributed by atoms with E-state index in [0.29, 0.717) is 108 Å². The Labute approximate surface area is 330 Å². The van der Waals surface area contributed by atoms with E-state index in [0.717, 1.165) is 24.7 Å². The molecule has 0 atom stereocenters. The SMILES string of the molecule is Cc1ccc(C(=O)Nc2ccc(CN3CCN(C)CC3)c(C(F)(F)F)c2)cc1C#Cc1cnc2cc(OCCOCCOCCOCCOCCNC=O)ccn12. The fourth-order valence-corrected chi connectivity index (χ4v) is 5.85. The average molecular weight is 795 g/mol. The first-order chi connectivity index (χ1) is 27.6. The molecular formula is C41H49F3N6O7. The van der Waals surface area contributed by atoms with Gasteiger partial charge in [-0.15, -0.1) is 0 Å². The zero-order valence-corrected chi connectivity index (χ0v) is 32.2. The van der Waals surface area contributed by atoms with Gasteiger partial charge in [-0.05, 0) is 61.4 Å². The molecule has 2 aromatic heterocycles. The Hall–Kier alpha value is -5.02. The number of aryl methyl sites for hydroxylation is 1. The van der Waals surface area contributed by atoms with Gasteiger partial charge in [-0.3, -0.25) is 18.9 Å². The van der Waals surface area contributed by atoms with E-state index in [1.165, 1.54) is 12.1 Å². The Morgan fingerprint density at radius 3 is 2.23 bits per heavy atom. The highest BCUT2D eigenvalue weighted by Crippen LogP contribution is 2.35. The van der Waals surface area contributed by atoms with E-state index in [4.69, 9.17) is 23.7 Å². The topological polar surface area (TPSA) is 128 Å². The molecule has 13 nitrogen and oxygen atoms in total. The minimum absolute atomic E-state index is 0.0638. The van der Waals surface area contributed by atoms with Crippen LogP contribution in [0.25, 0.3) is 5.65 Å². The van der Waals surface area contributed by atoms with Crippen LogP contribution in [0.3, 0.4) is 0 Å². The highest BCUT2D eigenvalue weighted by molar-refractivity contribution is 6.04. The molecular weight excluding hydrogens is 745 g/mol.